The summed E-state index contributed by atoms with van der Waals surface area (Å²) < 4.78 is 13.2. The standard InChI is InChI=1S/C15H19FN2/c1-11-6-7-15(10-17,9-12(11)2)18-14-5-3-4-13(16)8-14/h3-5,8,11-12,18H,6-7,9H2,1-2H3. The van der Waals surface area contributed by atoms with E-state index in [4.69, 9.17) is 0 Å². The van der Waals surface area contributed by atoms with Crippen molar-refractivity contribution in [3.05, 3.63) is 30.1 Å². The first-order valence-electron chi connectivity index (χ1n) is 6.50. The predicted molar refractivity (Wildman–Crippen MR) is 70.5 cm³/mol. The lowest BCUT2D eigenvalue weighted by molar-refractivity contribution is 0.226. The summed E-state index contributed by atoms with van der Waals surface area (Å²) in [5, 5.41) is 12.7. The molecule has 0 bridgehead atoms. The third kappa shape index (κ3) is 2.64. The first-order chi connectivity index (χ1) is 8.54. The van der Waals surface area contributed by atoms with E-state index in [1.807, 2.05) is 6.07 Å². The normalized spacial score (nSPS) is 31.7. The van der Waals surface area contributed by atoms with Gasteiger partial charge in [0.05, 0.1) is 6.07 Å². The zero-order valence-electron chi connectivity index (χ0n) is 10.9. The highest BCUT2D eigenvalue weighted by Crippen LogP contribution is 2.38. The van der Waals surface area contributed by atoms with Gasteiger partial charge in [-0.2, -0.15) is 5.26 Å². The number of hydrogen-bond acceptors (Lipinski definition) is 2. The molecule has 1 aliphatic rings. The lowest BCUT2D eigenvalue weighted by Gasteiger charge is -2.39. The molecule has 0 amide bonds. The molecule has 1 fully saturated rings. The van der Waals surface area contributed by atoms with Crippen molar-refractivity contribution < 1.29 is 4.39 Å². The summed E-state index contributed by atoms with van der Waals surface area (Å²) in [5.74, 6) is 0.894. The number of rotatable bonds is 2. The molecule has 0 aliphatic heterocycles. The first-order valence-corrected chi connectivity index (χ1v) is 6.50. The maximum Gasteiger partial charge on any atom is 0.125 e. The van der Waals surface area contributed by atoms with Crippen molar-refractivity contribution in [1.29, 1.82) is 5.26 Å². The van der Waals surface area contributed by atoms with Gasteiger partial charge in [0.15, 0.2) is 0 Å². The molecule has 0 heterocycles. The molecule has 1 saturated carbocycles. The van der Waals surface area contributed by atoms with Gasteiger partial charge < -0.3 is 5.32 Å². The number of benzene rings is 1. The molecule has 1 aromatic rings. The third-order valence-corrected chi connectivity index (χ3v) is 4.09. The maximum atomic E-state index is 13.2. The molecule has 0 radical (unpaired) electrons. The molecule has 96 valence electrons. The SMILES string of the molecule is CC1CCC(C#N)(Nc2cccc(F)c2)CC1C. The largest absolute Gasteiger partial charge is 0.367 e. The lowest BCUT2D eigenvalue weighted by Crippen LogP contribution is -2.43. The third-order valence-electron chi connectivity index (χ3n) is 4.09. The second-order valence-electron chi connectivity index (χ2n) is 5.53. The Bertz CT molecular complexity index is 466. The minimum atomic E-state index is -0.542. The summed E-state index contributed by atoms with van der Waals surface area (Å²) in [6.07, 6.45) is 2.68. The molecule has 2 nitrogen and oxygen atoms in total. The second-order valence-corrected chi connectivity index (χ2v) is 5.53. The van der Waals surface area contributed by atoms with E-state index in [9.17, 15) is 9.65 Å². The van der Waals surface area contributed by atoms with Crippen LogP contribution in [0.5, 0.6) is 0 Å². The molecule has 0 saturated heterocycles. The summed E-state index contributed by atoms with van der Waals surface area (Å²) in [4.78, 5) is 0. The van der Waals surface area contributed by atoms with Crippen molar-refractivity contribution in [3.63, 3.8) is 0 Å². The van der Waals surface area contributed by atoms with Crippen LogP contribution < -0.4 is 5.32 Å². The highest BCUT2D eigenvalue weighted by Gasteiger charge is 2.37. The van der Waals surface area contributed by atoms with Crippen LogP contribution in [0.3, 0.4) is 0 Å². The van der Waals surface area contributed by atoms with Gasteiger partial charge in [0, 0.05) is 5.69 Å². The molecule has 0 aromatic heterocycles. The van der Waals surface area contributed by atoms with Crippen molar-refractivity contribution in [3.8, 4) is 6.07 Å². The van der Waals surface area contributed by atoms with E-state index in [0.717, 1.165) is 19.3 Å². The summed E-state index contributed by atoms with van der Waals surface area (Å²) in [7, 11) is 0. The molecule has 3 unspecified atom stereocenters. The Kier molecular flexibility index (Phi) is 3.56. The predicted octanol–water partition coefficient (Wildman–Crippen LogP) is 3.96. The Morgan fingerprint density at radius 2 is 2.17 bits per heavy atom. The van der Waals surface area contributed by atoms with E-state index in [0.29, 0.717) is 17.5 Å². The molecular weight excluding hydrogens is 227 g/mol. The van der Waals surface area contributed by atoms with Crippen LogP contribution in [0.1, 0.15) is 33.1 Å². The Morgan fingerprint density at radius 3 is 2.78 bits per heavy atom. The monoisotopic (exact) mass is 246 g/mol. The first kappa shape index (κ1) is 12.9. The van der Waals surface area contributed by atoms with Crippen molar-refractivity contribution >= 4 is 5.69 Å². The average molecular weight is 246 g/mol. The highest BCUT2D eigenvalue weighted by molar-refractivity contribution is 5.48. The van der Waals surface area contributed by atoms with Gasteiger partial charge >= 0.3 is 0 Å². The fourth-order valence-corrected chi connectivity index (χ4v) is 2.70. The van der Waals surface area contributed by atoms with Crippen molar-refractivity contribution in [2.75, 3.05) is 5.32 Å². The number of nitrogens with one attached hydrogen (secondary N) is 1. The minimum absolute atomic E-state index is 0.273. The van der Waals surface area contributed by atoms with Crippen LogP contribution in [0.15, 0.2) is 24.3 Å². The summed E-state index contributed by atoms with van der Waals surface area (Å²) in [6.45, 7) is 4.41. The van der Waals surface area contributed by atoms with E-state index in [1.54, 1.807) is 6.07 Å². The smallest absolute Gasteiger partial charge is 0.125 e. The van der Waals surface area contributed by atoms with E-state index < -0.39 is 5.54 Å². The minimum Gasteiger partial charge on any atom is -0.367 e. The van der Waals surface area contributed by atoms with E-state index in [1.165, 1.54) is 12.1 Å². The van der Waals surface area contributed by atoms with Gasteiger partial charge in [0.1, 0.15) is 11.4 Å². The van der Waals surface area contributed by atoms with Gasteiger partial charge in [-0.05, 0) is 49.3 Å². The van der Waals surface area contributed by atoms with Crippen LogP contribution in [-0.2, 0) is 0 Å². The van der Waals surface area contributed by atoms with E-state index in [2.05, 4.69) is 25.2 Å². The van der Waals surface area contributed by atoms with Crippen LogP contribution in [0.4, 0.5) is 10.1 Å². The second kappa shape index (κ2) is 4.97. The zero-order valence-corrected chi connectivity index (χ0v) is 10.9. The summed E-state index contributed by atoms with van der Waals surface area (Å²) >= 11 is 0. The van der Waals surface area contributed by atoms with E-state index in [-0.39, 0.29) is 5.82 Å². The van der Waals surface area contributed by atoms with E-state index >= 15 is 0 Å². The molecule has 2 rings (SSSR count). The van der Waals surface area contributed by atoms with Crippen LogP contribution in [0.25, 0.3) is 0 Å². The molecule has 18 heavy (non-hydrogen) atoms. The van der Waals surface area contributed by atoms with Gasteiger partial charge in [0.25, 0.3) is 0 Å². The number of nitriles is 1. The van der Waals surface area contributed by atoms with Crippen LogP contribution >= 0.6 is 0 Å². The van der Waals surface area contributed by atoms with Gasteiger partial charge in [-0.15, -0.1) is 0 Å². The van der Waals surface area contributed by atoms with Crippen LogP contribution in [-0.4, -0.2) is 5.54 Å². The number of anilines is 1. The molecule has 1 N–H and O–H groups in total. The van der Waals surface area contributed by atoms with Crippen LogP contribution in [0.2, 0.25) is 0 Å². The Balaban J connectivity index is 2.17. The van der Waals surface area contributed by atoms with Gasteiger partial charge in [-0.1, -0.05) is 19.9 Å². The molecule has 3 heteroatoms. The van der Waals surface area contributed by atoms with Gasteiger partial charge in [0.2, 0.25) is 0 Å². The number of hydrogen-bond donors (Lipinski definition) is 1. The highest BCUT2D eigenvalue weighted by atomic mass is 19.1. The summed E-state index contributed by atoms with van der Waals surface area (Å²) in [5.41, 5.74) is 0.151. The Hall–Kier alpha value is -1.56. The van der Waals surface area contributed by atoms with Gasteiger partial charge in [-0.3, -0.25) is 0 Å². The fourth-order valence-electron chi connectivity index (χ4n) is 2.70. The number of nitrogens with zero attached hydrogens (tertiary/aromatic N) is 1. The maximum absolute atomic E-state index is 13.2. The fraction of sp³-hybridized carbons (Fsp3) is 0.533. The molecular formula is C15H19FN2. The van der Waals surface area contributed by atoms with Crippen molar-refractivity contribution in [1.82, 2.24) is 0 Å². The molecule has 1 aliphatic carbocycles. The molecule has 0 spiro atoms. The average Bonchev–Trinajstić information content (AvgIpc) is 2.34. The molecule has 3 atom stereocenters. The quantitative estimate of drug-likeness (QED) is 0.857. The Labute approximate surface area is 108 Å². The molecule has 1 aromatic carbocycles. The van der Waals surface area contributed by atoms with Crippen molar-refractivity contribution in [2.24, 2.45) is 11.8 Å². The van der Waals surface area contributed by atoms with Crippen LogP contribution in [0, 0.1) is 29.0 Å². The number of halogens is 1. The van der Waals surface area contributed by atoms with Gasteiger partial charge in [-0.25, -0.2) is 4.39 Å². The topological polar surface area (TPSA) is 35.8 Å². The van der Waals surface area contributed by atoms with Crippen molar-refractivity contribution in [2.45, 2.75) is 38.6 Å². The lowest BCUT2D eigenvalue weighted by atomic mass is 9.72. The summed E-state index contributed by atoms with van der Waals surface area (Å²) in [6, 6.07) is 8.74. The Morgan fingerprint density at radius 1 is 1.39 bits per heavy atom. The zero-order chi connectivity index (χ0) is 13.2.